The first-order valence-corrected chi connectivity index (χ1v) is 11.0. The first kappa shape index (κ1) is 21.0. The minimum atomic E-state index is -0.272. The van der Waals surface area contributed by atoms with Crippen LogP contribution in [0, 0.1) is 0 Å². The van der Waals surface area contributed by atoms with E-state index in [1.165, 1.54) is 18.4 Å². The third kappa shape index (κ3) is 5.28. The highest BCUT2D eigenvalue weighted by Gasteiger charge is 2.14. The Morgan fingerprint density at radius 3 is 2.68 bits per heavy atom. The van der Waals surface area contributed by atoms with Gasteiger partial charge in [-0.3, -0.25) is 15.1 Å². The van der Waals surface area contributed by atoms with E-state index in [1.807, 2.05) is 47.8 Å². The second-order valence-corrected chi connectivity index (χ2v) is 8.25. The van der Waals surface area contributed by atoms with Gasteiger partial charge < -0.3 is 9.47 Å². The molecule has 6 nitrogen and oxygen atoms in total. The fourth-order valence-corrected chi connectivity index (χ4v) is 3.80. The highest BCUT2D eigenvalue weighted by molar-refractivity contribution is 9.10. The lowest BCUT2D eigenvalue weighted by Crippen LogP contribution is -2.12. The molecule has 1 N–H and O–H groups in total. The Bertz CT molecular complexity index is 1180. The van der Waals surface area contributed by atoms with Crippen molar-refractivity contribution in [2.45, 2.75) is 6.61 Å². The highest BCUT2D eigenvalue weighted by Crippen LogP contribution is 2.30. The van der Waals surface area contributed by atoms with Crippen molar-refractivity contribution < 1.29 is 14.3 Å². The number of nitrogens with one attached hydrogen (secondary N) is 1. The molecule has 0 spiro atoms. The Hall–Kier alpha value is -3.23. The molecule has 4 rings (SSSR count). The molecule has 8 heteroatoms. The fourth-order valence-electron chi connectivity index (χ4n) is 2.82. The maximum Gasteiger partial charge on any atom is 0.257 e. The van der Waals surface area contributed by atoms with Gasteiger partial charge in [-0.15, -0.1) is 11.3 Å². The fraction of sp³-hybridized carbons (Fsp3) is 0.0870. The van der Waals surface area contributed by atoms with Crippen LogP contribution in [0.25, 0.3) is 11.3 Å². The number of amides is 1. The molecular weight excluding hydrogens is 478 g/mol. The summed E-state index contributed by atoms with van der Waals surface area (Å²) < 4.78 is 12.2. The topological polar surface area (TPSA) is 73.3 Å². The van der Waals surface area contributed by atoms with Crippen LogP contribution in [0.2, 0.25) is 0 Å². The first-order valence-electron chi connectivity index (χ1n) is 9.36. The Balaban J connectivity index is 1.44. The van der Waals surface area contributed by atoms with E-state index in [0.717, 1.165) is 21.4 Å². The minimum Gasteiger partial charge on any atom is -0.493 e. The van der Waals surface area contributed by atoms with E-state index in [0.29, 0.717) is 28.8 Å². The molecule has 0 saturated carbocycles. The SMILES string of the molecule is COc1cc(C(=O)Nc2nc(-c3ccc(Br)cc3)cs2)ccc1OCc1ccccn1. The number of hydrogen-bond donors (Lipinski definition) is 1. The number of carbonyl (C=O) groups is 1. The number of pyridine rings is 1. The van der Waals surface area contributed by atoms with Crippen molar-refractivity contribution in [1.82, 2.24) is 9.97 Å². The Kier molecular flexibility index (Phi) is 6.59. The van der Waals surface area contributed by atoms with Gasteiger partial charge in [-0.05, 0) is 42.5 Å². The van der Waals surface area contributed by atoms with Crippen LogP contribution in [0.3, 0.4) is 0 Å². The van der Waals surface area contributed by atoms with Gasteiger partial charge in [-0.25, -0.2) is 4.98 Å². The second kappa shape index (κ2) is 9.72. The molecule has 0 aliphatic rings. The van der Waals surface area contributed by atoms with Crippen molar-refractivity contribution in [3.63, 3.8) is 0 Å². The molecule has 4 aromatic rings. The molecule has 2 aromatic carbocycles. The lowest BCUT2D eigenvalue weighted by atomic mass is 10.2. The Morgan fingerprint density at radius 1 is 1.10 bits per heavy atom. The maximum atomic E-state index is 12.7. The maximum absolute atomic E-state index is 12.7. The number of nitrogens with zero attached hydrogens (tertiary/aromatic N) is 2. The molecule has 0 radical (unpaired) electrons. The molecule has 2 aromatic heterocycles. The number of aromatic nitrogens is 2. The van der Waals surface area contributed by atoms with Crippen LogP contribution < -0.4 is 14.8 Å². The smallest absolute Gasteiger partial charge is 0.257 e. The van der Waals surface area contributed by atoms with Gasteiger partial charge in [0.1, 0.15) is 6.61 Å². The number of halogens is 1. The molecule has 156 valence electrons. The summed E-state index contributed by atoms with van der Waals surface area (Å²) in [4.78, 5) is 21.4. The number of methoxy groups -OCH3 is 1. The predicted molar refractivity (Wildman–Crippen MR) is 125 cm³/mol. The molecule has 0 bridgehead atoms. The monoisotopic (exact) mass is 495 g/mol. The first-order chi connectivity index (χ1) is 15.1. The van der Waals surface area contributed by atoms with Crippen LogP contribution in [0.5, 0.6) is 11.5 Å². The van der Waals surface area contributed by atoms with Crippen molar-refractivity contribution in [2.75, 3.05) is 12.4 Å². The predicted octanol–water partition coefficient (Wildman–Crippen LogP) is 5.81. The van der Waals surface area contributed by atoms with Crippen molar-refractivity contribution in [3.05, 3.63) is 88.0 Å². The zero-order valence-electron chi connectivity index (χ0n) is 16.5. The third-order valence-electron chi connectivity index (χ3n) is 4.39. The minimum absolute atomic E-state index is 0.272. The third-order valence-corrected chi connectivity index (χ3v) is 5.68. The van der Waals surface area contributed by atoms with Gasteiger partial charge in [0.2, 0.25) is 0 Å². The van der Waals surface area contributed by atoms with Crippen molar-refractivity contribution in [2.24, 2.45) is 0 Å². The zero-order valence-corrected chi connectivity index (χ0v) is 18.9. The summed E-state index contributed by atoms with van der Waals surface area (Å²) >= 11 is 4.80. The molecule has 31 heavy (non-hydrogen) atoms. The van der Waals surface area contributed by atoms with Gasteiger partial charge in [-0.2, -0.15) is 0 Å². The number of rotatable bonds is 7. The summed E-state index contributed by atoms with van der Waals surface area (Å²) in [6, 6.07) is 18.5. The summed E-state index contributed by atoms with van der Waals surface area (Å²) in [5, 5.41) is 5.28. The highest BCUT2D eigenvalue weighted by atomic mass is 79.9. The molecule has 0 unspecified atom stereocenters. The van der Waals surface area contributed by atoms with E-state index in [4.69, 9.17) is 9.47 Å². The van der Waals surface area contributed by atoms with Crippen molar-refractivity contribution in [1.29, 1.82) is 0 Å². The van der Waals surface area contributed by atoms with Gasteiger partial charge >= 0.3 is 0 Å². The quantitative estimate of drug-likeness (QED) is 0.350. The zero-order chi connectivity index (χ0) is 21.6. The normalized spacial score (nSPS) is 10.5. The number of hydrogen-bond acceptors (Lipinski definition) is 6. The summed E-state index contributed by atoms with van der Waals surface area (Å²) in [6.45, 7) is 0.306. The van der Waals surface area contributed by atoms with Crippen LogP contribution in [-0.4, -0.2) is 23.0 Å². The van der Waals surface area contributed by atoms with Crippen molar-refractivity contribution in [3.8, 4) is 22.8 Å². The summed E-state index contributed by atoms with van der Waals surface area (Å²) in [6.07, 6.45) is 1.71. The number of ether oxygens (including phenoxy) is 2. The van der Waals surface area contributed by atoms with E-state index in [9.17, 15) is 4.79 Å². The Labute approximate surface area is 192 Å². The molecule has 1 amide bonds. The van der Waals surface area contributed by atoms with Gasteiger partial charge in [0.05, 0.1) is 18.5 Å². The molecule has 0 atom stereocenters. The molecule has 2 heterocycles. The van der Waals surface area contributed by atoms with Gasteiger partial charge in [0.15, 0.2) is 16.6 Å². The Morgan fingerprint density at radius 2 is 1.94 bits per heavy atom. The van der Waals surface area contributed by atoms with Crippen LogP contribution >= 0.6 is 27.3 Å². The molecule has 0 fully saturated rings. The summed E-state index contributed by atoms with van der Waals surface area (Å²) in [5.74, 6) is 0.737. The van der Waals surface area contributed by atoms with Crippen LogP contribution in [0.15, 0.2) is 76.7 Å². The summed E-state index contributed by atoms with van der Waals surface area (Å²) in [7, 11) is 1.54. The molecular formula is C23H18BrN3O3S. The summed E-state index contributed by atoms with van der Waals surface area (Å²) in [5.41, 5.74) is 3.04. The van der Waals surface area contributed by atoms with Gasteiger partial charge in [0, 0.05) is 27.2 Å². The number of thiazole rings is 1. The average Bonchev–Trinajstić information content (AvgIpc) is 3.27. The van der Waals surface area contributed by atoms with Gasteiger partial charge in [0.25, 0.3) is 5.91 Å². The van der Waals surface area contributed by atoms with E-state index >= 15 is 0 Å². The average molecular weight is 496 g/mol. The second-order valence-electron chi connectivity index (χ2n) is 6.47. The molecule has 0 aliphatic carbocycles. The van der Waals surface area contributed by atoms with E-state index in [2.05, 4.69) is 31.2 Å². The van der Waals surface area contributed by atoms with Crippen molar-refractivity contribution >= 4 is 38.3 Å². The van der Waals surface area contributed by atoms with E-state index < -0.39 is 0 Å². The van der Waals surface area contributed by atoms with Gasteiger partial charge in [-0.1, -0.05) is 34.1 Å². The number of carbonyl (C=O) groups excluding carboxylic acids is 1. The number of anilines is 1. The standard InChI is InChI=1S/C23H18BrN3O3S/c1-29-21-12-16(7-10-20(21)30-13-18-4-2-3-11-25-18)22(28)27-23-26-19(14-31-23)15-5-8-17(24)9-6-15/h2-12,14H,13H2,1H3,(H,26,27,28). The molecule has 0 aliphatic heterocycles. The number of benzene rings is 2. The largest absolute Gasteiger partial charge is 0.493 e. The lowest BCUT2D eigenvalue weighted by molar-refractivity contribution is 0.102. The van der Waals surface area contributed by atoms with Crippen LogP contribution in [0.1, 0.15) is 16.1 Å². The van der Waals surface area contributed by atoms with E-state index in [-0.39, 0.29) is 5.91 Å². The van der Waals surface area contributed by atoms with E-state index in [1.54, 1.807) is 24.4 Å². The molecule has 0 saturated heterocycles. The lowest BCUT2D eigenvalue weighted by Gasteiger charge is -2.12. The van der Waals surface area contributed by atoms with Crippen LogP contribution in [0.4, 0.5) is 5.13 Å². The van der Waals surface area contributed by atoms with Crippen LogP contribution in [-0.2, 0) is 6.61 Å².